The van der Waals surface area contributed by atoms with Gasteiger partial charge in [0.2, 0.25) is 0 Å². The first-order valence-electron chi connectivity index (χ1n) is 11.2. The van der Waals surface area contributed by atoms with Gasteiger partial charge < -0.3 is 24.6 Å². The fourth-order valence-corrected chi connectivity index (χ4v) is 3.48. The van der Waals surface area contributed by atoms with E-state index in [2.05, 4.69) is 17.1 Å². The first kappa shape index (κ1) is 23.4. The van der Waals surface area contributed by atoms with Gasteiger partial charge in [-0.05, 0) is 36.8 Å². The summed E-state index contributed by atoms with van der Waals surface area (Å²) < 4.78 is 11.7. The van der Waals surface area contributed by atoms with E-state index in [0.717, 1.165) is 49.7 Å². The normalized spacial score (nSPS) is 14.7. The summed E-state index contributed by atoms with van der Waals surface area (Å²) in [6.07, 6.45) is 2.15. The maximum atomic E-state index is 11.7. The summed E-state index contributed by atoms with van der Waals surface area (Å²) >= 11 is 0. The summed E-state index contributed by atoms with van der Waals surface area (Å²) in [5, 5.41) is 3.41. The Kier molecular flexibility index (Phi) is 8.78. The predicted molar refractivity (Wildman–Crippen MR) is 127 cm³/mol. The Morgan fingerprint density at radius 1 is 1.09 bits per heavy atom. The van der Waals surface area contributed by atoms with Crippen LogP contribution in [0.25, 0.3) is 0 Å². The lowest BCUT2D eigenvalue weighted by Crippen LogP contribution is -2.47. The Balaban J connectivity index is 1.55. The fourth-order valence-electron chi connectivity index (χ4n) is 3.48. The van der Waals surface area contributed by atoms with Gasteiger partial charge in [0.05, 0.1) is 6.54 Å². The number of guanidine groups is 1. The molecule has 1 amide bonds. The number of aliphatic imine (C=N–C) groups is 1. The van der Waals surface area contributed by atoms with Gasteiger partial charge in [-0.3, -0.25) is 4.79 Å². The lowest BCUT2D eigenvalue weighted by atomic mass is 10.1. The SMILES string of the molecule is CCNC(=NCc1cccc(OCC(=O)N(C)C)c1)N1CCC(Oc2ccccc2)CC1. The van der Waals surface area contributed by atoms with Crippen LogP contribution in [-0.4, -0.2) is 68.1 Å². The second-order valence-electron chi connectivity index (χ2n) is 8.01. The zero-order valence-electron chi connectivity index (χ0n) is 19.3. The molecule has 3 rings (SSSR count). The van der Waals surface area contributed by atoms with Crippen molar-refractivity contribution in [1.82, 2.24) is 15.1 Å². The lowest BCUT2D eigenvalue weighted by Gasteiger charge is -2.34. The molecule has 0 unspecified atom stereocenters. The van der Waals surface area contributed by atoms with E-state index in [0.29, 0.717) is 12.3 Å². The molecule has 0 bridgehead atoms. The fraction of sp³-hybridized carbons (Fsp3) is 0.440. The van der Waals surface area contributed by atoms with Crippen molar-refractivity contribution in [1.29, 1.82) is 0 Å². The highest BCUT2D eigenvalue weighted by atomic mass is 16.5. The molecule has 2 aromatic carbocycles. The van der Waals surface area contributed by atoms with Crippen molar-refractivity contribution in [2.24, 2.45) is 4.99 Å². The van der Waals surface area contributed by atoms with Gasteiger partial charge in [0.15, 0.2) is 12.6 Å². The van der Waals surface area contributed by atoms with Crippen LogP contribution in [0.15, 0.2) is 59.6 Å². The van der Waals surface area contributed by atoms with Gasteiger partial charge in [-0.15, -0.1) is 0 Å². The topological polar surface area (TPSA) is 66.4 Å². The number of para-hydroxylation sites is 1. The molecule has 0 radical (unpaired) electrons. The minimum absolute atomic E-state index is 0.0301. The van der Waals surface area contributed by atoms with Gasteiger partial charge in [-0.25, -0.2) is 4.99 Å². The van der Waals surface area contributed by atoms with Crippen molar-refractivity contribution in [2.45, 2.75) is 32.4 Å². The number of likely N-dealkylation sites (tertiary alicyclic amines) is 1. The van der Waals surface area contributed by atoms with Crippen molar-refractivity contribution >= 4 is 11.9 Å². The van der Waals surface area contributed by atoms with Crippen LogP contribution < -0.4 is 14.8 Å². The van der Waals surface area contributed by atoms with Crippen LogP contribution in [-0.2, 0) is 11.3 Å². The molecule has 1 heterocycles. The molecule has 0 saturated carbocycles. The number of carbonyl (C=O) groups is 1. The van der Waals surface area contributed by atoms with Crippen molar-refractivity contribution in [2.75, 3.05) is 40.3 Å². The van der Waals surface area contributed by atoms with E-state index in [1.165, 1.54) is 4.90 Å². The van der Waals surface area contributed by atoms with E-state index in [4.69, 9.17) is 14.5 Å². The number of carbonyl (C=O) groups excluding carboxylic acids is 1. The minimum atomic E-state index is -0.0671. The van der Waals surface area contributed by atoms with Gasteiger partial charge in [0.25, 0.3) is 5.91 Å². The number of benzene rings is 2. The minimum Gasteiger partial charge on any atom is -0.490 e. The zero-order chi connectivity index (χ0) is 22.8. The predicted octanol–water partition coefficient (Wildman–Crippen LogP) is 3.16. The van der Waals surface area contributed by atoms with Crippen molar-refractivity contribution in [3.8, 4) is 11.5 Å². The number of piperidine rings is 1. The molecular formula is C25H34N4O3. The van der Waals surface area contributed by atoms with E-state index < -0.39 is 0 Å². The summed E-state index contributed by atoms with van der Waals surface area (Å²) in [6, 6.07) is 17.8. The quantitative estimate of drug-likeness (QED) is 0.507. The molecule has 1 fully saturated rings. The second-order valence-corrected chi connectivity index (χ2v) is 8.01. The molecule has 32 heavy (non-hydrogen) atoms. The molecule has 0 aliphatic carbocycles. The molecule has 0 atom stereocenters. The number of likely N-dealkylation sites (N-methyl/N-ethyl adjacent to an activating group) is 1. The van der Waals surface area contributed by atoms with Crippen molar-refractivity contribution in [3.05, 3.63) is 60.2 Å². The second kappa shape index (κ2) is 12.0. The van der Waals surface area contributed by atoms with Crippen LogP contribution in [0.1, 0.15) is 25.3 Å². The van der Waals surface area contributed by atoms with Crippen molar-refractivity contribution < 1.29 is 14.3 Å². The van der Waals surface area contributed by atoms with Crippen LogP contribution in [0.4, 0.5) is 0 Å². The number of rotatable bonds is 8. The zero-order valence-corrected chi connectivity index (χ0v) is 19.3. The molecule has 0 spiro atoms. The third kappa shape index (κ3) is 7.18. The summed E-state index contributed by atoms with van der Waals surface area (Å²) in [6.45, 7) is 5.27. The molecule has 7 heteroatoms. The molecule has 1 aliphatic rings. The van der Waals surface area contributed by atoms with Crippen LogP contribution in [0.5, 0.6) is 11.5 Å². The van der Waals surface area contributed by atoms with E-state index in [9.17, 15) is 4.79 Å². The Morgan fingerprint density at radius 2 is 1.81 bits per heavy atom. The smallest absolute Gasteiger partial charge is 0.259 e. The highest BCUT2D eigenvalue weighted by Crippen LogP contribution is 2.19. The number of hydrogen-bond donors (Lipinski definition) is 1. The molecule has 1 saturated heterocycles. The number of hydrogen-bond acceptors (Lipinski definition) is 4. The third-order valence-electron chi connectivity index (χ3n) is 5.29. The molecule has 1 N–H and O–H groups in total. The summed E-state index contributed by atoms with van der Waals surface area (Å²) in [7, 11) is 3.44. The highest BCUT2D eigenvalue weighted by Gasteiger charge is 2.22. The van der Waals surface area contributed by atoms with Gasteiger partial charge >= 0.3 is 0 Å². The average Bonchev–Trinajstić information content (AvgIpc) is 2.81. The van der Waals surface area contributed by atoms with Gasteiger partial charge in [-0.1, -0.05) is 30.3 Å². The van der Waals surface area contributed by atoms with Crippen LogP contribution >= 0.6 is 0 Å². The van der Waals surface area contributed by atoms with Gasteiger partial charge in [0, 0.05) is 46.6 Å². The Morgan fingerprint density at radius 3 is 2.50 bits per heavy atom. The Hall–Kier alpha value is -3.22. The summed E-state index contributed by atoms with van der Waals surface area (Å²) in [5.41, 5.74) is 1.04. The number of amides is 1. The van der Waals surface area contributed by atoms with Crippen molar-refractivity contribution in [3.63, 3.8) is 0 Å². The third-order valence-corrected chi connectivity index (χ3v) is 5.29. The average molecular weight is 439 g/mol. The molecule has 0 aromatic heterocycles. The molecule has 172 valence electrons. The number of nitrogens with zero attached hydrogens (tertiary/aromatic N) is 3. The maximum Gasteiger partial charge on any atom is 0.259 e. The maximum absolute atomic E-state index is 11.7. The first-order chi connectivity index (χ1) is 15.5. The summed E-state index contributed by atoms with van der Waals surface area (Å²) in [5.74, 6) is 2.46. The standard InChI is InChI=1S/C25H34N4O3/c1-4-26-25(29-15-13-22(14-16-29)32-21-10-6-5-7-11-21)27-18-20-9-8-12-23(17-20)31-19-24(30)28(2)3/h5-12,17,22H,4,13-16,18-19H2,1-3H3,(H,26,27). The highest BCUT2D eigenvalue weighted by molar-refractivity contribution is 5.80. The molecule has 2 aromatic rings. The Bertz CT molecular complexity index is 878. The Labute approximate surface area is 191 Å². The van der Waals surface area contributed by atoms with E-state index in [1.54, 1.807) is 14.1 Å². The van der Waals surface area contributed by atoms with Crippen LogP contribution in [0.2, 0.25) is 0 Å². The molecule has 1 aliphatic heterocycles. The first-order valence-corrected chi connectivity index (χ1v) is 11.2. The molecular weight excluding hydrogens is 404 g/mol. The monoisotopic (exact) mass is 438 g/mol. The summed E-state index contributed by atoms with van der Waals surface area (Å²) in [4.78, 5) is 20.4. The van der Waals surface area contributed by atoms with Gasteiger partial charge in [0.1, 0.15) is 17.6 Å². The number of nitrogens with one attached hydrogen (secondary N) is 1. The molecule has 7 nitrogen and oxygen atoms in total. The van der Waals surface area contributed by atoms with Gasteiger partial charge in [-0.2, -0.15) is 0 Å². The van der Waals surface area contributed by atoms with Crippen LogP contribution in [0, 0.1) is 0 Å². The van der Waals surface area contributed by atoms with Crippen LogP contribution in [0.3, 0.4) is 0 Å². The lowest BCUT2D eigenvalue weighted by molar-refractivity contribution is -0.130. The largest absolute Gasteiger partial charge is 0.490 e. The number of ether oxygens (including phenoxy) is 2. The van der Waals surface area contributed by atoms with E-state index >= 15 is 0 Å². The van der Waals surface area contributed by atoms with E-state index in [-0.39, 0.29) is 18.6 Å². The van der Waals surface area contributed by atoms with E-state index in [1.807, 2.05) is 54.6 Å².